The lowest BCUT2D eigenvalue weighted by molar-refractivity contribution is -0.123. The van der Waals surface area contributed by atoms with Crippen LogP contribution in [0.5, 0.6) is 0 Å². The van der Waals surface area contributed by atoms with E-state index in [1.807, 2.05) is 0 Å². The van der Waals surface area contributed by atoms with Crippen molar-refractivity contribution in [2.75, 3.05) is 4.72 Å². The van der Waals surface area contributed by atoms with Gasteiger partial charge in [-0.3, -0.25) is 19.1 Å². The van der Waals surface area contributed by atoms with E-state index < -0.39 is 33.4 Å². The van der Waals surface area contributed by atoms with Crippen LogP contribution in [0.15, 0.2) is 53.4 Å². The topological polar surface area (TPSA) is 121 Å². The van der Waals surface area contributed by atoms with Crippen molar-refractivity contribution < 1.29 is 22.8 Å². The SMILES string of the molecule is CC(=O)c1ccc(S(=O)(=O)Nc2ccc(C(=O)C(C#N)C(=O)C(C)C)cc2)cc1. The molecular weight excluding hydrogens is 392 g/mol. The van der Waals surface area contributed by atoms with Crippen LogP contribution in [0.4, 0.5) is 5.69 Å². The highest BCUT2D eigenvalue weighted by Crippen LogP contribution is 2.20. The summed E-state index contributed by atoms with van der Waals surface area (Å²) in [6.45, 7) is 4.61. The molecule has 29 heavy (non-hydrogen) atoms. The van der Waals surface area contributed by atoms with E-state index in [0.29, 0.717) is 5.56 Å². The molecular formula is C21H20N2O5S. The van der Waals surface area contributed by atoms with Gasteiger partial charge < -0.3 is 0 Å². The fourth-order valence-electron chi connectivity index (χ4n) is 2.54. The third-order valence-corrected chi connectivity index (χ3v) is 5.63. The number of Topliss-reactive ketones (excluding diaryl/α,β-unsaturated/α-hetero) is 3. The Labute approximate surface area is 169 Å². The van der Waals surface area contributed by atoms with Crippen LogP contribution in [0.25, 0.3) is 0 Å². The van der Waals surface area contributed by atoms with E-state index in [9.17, 15) is 22.8 Å². The molecule has 2 rings (SSSR count). The minimum atomic E-state index is -3.89. The molecule has 2 aromatic rings. The number of carbonyl (C=O) groups excluding carboxylic acids is 3. The Hall–Kier alpha value is -3.31. The number of benzene rings is 2. The number of anilines is 1. The predicted octanol–water partition coefficient (Wildman–Crippen LogP) is 3.24. The summed E-state index contributed by atoms with van der Waals surface area (Å²) >= 11 is 0. The summed E-state index contributed by atoms with van der Waals surface area (Å²) in [4.78, 5) is 35.7. The van der Waals surface area contributed by atoms with Crippen LogP contribution in [0.1, 0.15) is 41.5 Å². The van der Waals surface area contributed by atoms with Crippen LogP contribution in [-0.2, 0) is 14.8 Å². The van der Waals surface area contributed by atoms with Gasteiger partial charge in [0, 0.05) is 22.7 Å². The van der Waals surface area contributed by atoms with Crippen molar-refractivity contribution in [1.29, 1.82) is 5.26 Å². The Morgan fingerprint density at radius 2 is 1.45 bits per heavy atom. The molecule has 2 aromatic carbocycles. The van der Waals surface area contributed by atoms with Gasteiger partial charge in [0.05, 0.1) is 11.0 Å². The second-order valence-electron chi connectivity index (χ2n) is 6.75. The minimum Gasteiger partial charge on any atom is -0.297 e. The van der Waals surface area contributed by atoms with Gasteiger partial charge in [0.2, 0.25) is 0 Å². The molecule has 0 aliphatic rings. The third-order valence-electron chi connectivity index (χ3n) is 4.24. The van der Waals surface area contributed by atoms with Crippen LogP contribution in [0, 0.1) is 23.2 Å². The van der Waals surface area contributed by atoms with Crippen molar-refractivity contribution in [2.45, 2.75) is 25.7 Å². The van der Waals surface area contributed by atoms with E-state index in [0.717, 1.165) is 0 Å². The molecule has 8 heteroatoms. The van der Waals surface area contributed by atoms with Crippen molar-refractivity contribution in [3.63, 3.8) is 0 Å². The molecule has 0 radical (unpaired) electrons. The van der Waals surface area contributed by atoms with E-state index >= 15 is 0 Å². The molecule has 0 aliphatic carbocycles. The molecule has 150 valence electrons. The van der Waals surface area contributed by atoms with Gasteiger partial charge in [0.25, 0.3) is 10.0 Å². The summed E-state index contributed by atoms with van der Waals surface area (Å²) in [5.74, 6) is -3.10. The second-order valence-corrected chi connectivity index (χ2v) is 8.43. The van der Waals surface area contributed by atoms with Crippen molar-refractivity contribution in [3.05, 3.63) is 59.7 Å². The molecule has 0 heterocycles. The molecule has 0 aliphatic heterocycles. The van der Waals surface area contributed by atoms with Gasteiger partial charge in [0.1, 0.15) is 0 Å². The fourth-order valence-corrected chi connectivity index (χ4v) is 3.60. The van der Waals surface area contributed by atoms with E-state index in [2.05, 4.69) is 4.72 Å². The molecule has 0 aromatic heterocycles. The van der Waals surface area contributed by atoms with Crippen LogP contribution in [0.3, 0.4) is 0 Å². The monoisotopic (exact) mass is 412 g/mol. The normalized spacial score (nSPS) is 12.1. The first kappa shape index (κ1) is 22.0. The smallest absolute Gasteiger partial charge is 0.261 e. The Morgan fingerprint density at radius 3 is 1.90 bits per heavy atom. The number of rotatable bonds is 8. The molecule has 7 nitrogen and oxygen atoms in total. The van der Waals surface area contributed by atoms with E-state index in [-0.39, 0.29) is 21.9 Å². The maximum atomic E-state index is 12.5. The highest BCUT2D eigenvalue weighted by Gasteiger charge is 2.29. The number of nitrogens with zero attached hydrogens (tertiary/aromatic N) is 1. The lowest BCUT2D eigenvalue weighted by Gasteiger charge is -2.11. The average Bonchev–Trinajstić information content (AvgIpc) is 2.68. The number of ketones is 3. The molecule has 0 amide bonds. The van der Waals surface area contributed by atoms with Crippen LogP contribution in [0.2, 0.25) is 0 Å². The lowest BCUT2D eigenvalue weighted by atomic mass is 9.89. The lowest BCUT2D eigenvalue weighted by Crippen LogP contribution is -2.26. The van der Waals surface area contributed by atoms with Gasteiger partial charge in [-0.15, -0.1) is 0 Å². The molecule has 1 N–H and O–H groups in total. The molecule has 0 saturated carbocycles. The Bertz CT molecular complexity index is 1080. The summed E-state index contributed by atoms with van der Waals surface area (Å²) in [7, 11) is -3.89. The van der Waals surface area contributed by atoms with Gasteiger partial charge in [-0.05, 0) is 43.3 Å². The predicted molar refractivity (Wildman–Crippen MR) is 107 cm³/mol. The number of carbonyl (C=O) groups is 3. The zero-order valence-corrected chi connectivity index (χ0v) is 17.0. The summed E-state index contributed by atoms with van der Waals surface area (Å²) in [6.07, 6.45) is 0. The Balaban J connectivity index is 2.19. The third kappa shape index (κ3) is 5.15. The molecule has 0 saturated heterocycles. The van der Waals surface area contributed by atoms with Gasteiger partial charge in [-0.1, -0.05) is 26.0 Å². The number of nitrogens with one attached hydrogen (secondary N) is 1. The quantitative estimate of drug-likeness (QED) is 0.525. The Kier molecular flexibility index (Phi) is 6.67. The standard InChI is InChI=1S/C21H20N2O5S/c1-13(2)20(25)19(12-22)21(26)16-4-8-17(9-5-16)23-29(27,28)18-10-6-15(7-11-18)14(3)24/h4-11,13,19,23H,1-3H3. The molecule has 0 fully saturated rings. The largest absolute Gasteiger partial charge is 0.297 e. The fraction of sp³-hybridized carbons (Fsp3) is 0.238. The number of sulfonamides is 1. The van der Waals surface area contributed by atoms with Crippen molar-refractivity contribution in [2.24, 2.45) is 11.8 Å². The van der Waals surface area contributed by atoms with Gasteiger partial charge in [-0.2, -0.15) is 5.26 Å². The van der Waals surface area contributed by atoms with E-state index in [4.69, 9.17) is 5.26 Å². The summed E-state index contributed by atoms with van der Waals surface area (Å²) < 4.78 is 27.3. The van der Waals surface area contributed by atoms with E-state index in [1.54, 1.807) is 19.9 Å². The first-order chi connectivity index (χ1) is 13.6. The molecule has 0 spiro atoms. The molecule has 0 bridgehead atoms. The minimum absolute atomic E-state index is 0.0188. The zero-order valence-electron chi connectivity index (χ0n) is 16.2. The highest BCUT2D eigenvalue weighted by atomic mass is 32.2. The maximum Gasteiger partial charge on any atom is 0.261 e. The summed E-state index contributed by atoms with van der Waals surface area (Å²) in [5.41, 5.74) is 0.745. The summed E-state index contributed by atoms with van der Waals surface area (Å²) in [6, 6.07) is 12.7. The van der Waals surface area contributed by atoms with Crippen LogP contribution in [-0.4, -0.2) is 25.8 Å². The number of hydrogen-bond donors (Lipinski definition) is 1. The average molecular weight is 412 g/mol. The zero-order chi connectivity index (χ0) is 21.8. The second kappa shape index (κ2) is 8.80. The maximum absolute atomic E-state index is 12.5. The highest BCUT2D eigenvalue weighted by molar-refractivity contribution is 7.92. The molecule has 1 atom stereocenters. The Morgan fingerprint density at radius 1 is 0.931 bits per heavy atom. The van der Waals surface area contributed by atoms with Crippen molar-refractivity contribution in [1.82, 2.24) is 0 Å². The number of nitriles is 1. The number of hydrogen-bond acceptors (Lipinski definition) is 6. The first-order valence-corrected chi connectivity index (χ1v) is 10.3. The van der Waals surface area contributed by atoms with Crippen LogP contribution < -0.4 is 4.72 Å². The summed E-state index contributed by atoms with van der Waals surface area (Å²) in [5, 5.41) is 9.16. The van der Waals surface area contributed by atoms with Gasteiger partial charge in [-0.25, -0.2) is 8.42 Å². The van der Waals surface area contributed by atoms with Gasteiger partial charge in [0.15, 0.2) is 23.3 Å². The molecule has 1 unspecified atom stereocenters. The van der Waals surface area contributed by atoms with Crippen LogP contribution >= 0.6 is 0 Å². The van der Waals surface area contributed by atoms with Crippen molar-refractivity contribution >= 4 is 33.1 Å². The van der Waals surface area contributed by atoms with E-state index in [1.165, 1.54) is 55.5 Å². The van der Waals surface area contributed by atoms with Gasteiger partial charge >= 0.3 is 0 Å². The first-order valence-electron chi connectivity index (χ1n) is 8.78. The van der Waals surface area contributed by atoms with Crippen molar-refractivity contribution in [3.8, 4) is 6.07 Å².